The lowest BCUT2D eigenvalue weighted by atomic mass is 10.3. The van der Waals surface area contributed by atoms with Crippen LogP contribution in [-0.4, -0.2) is 32.9 Å². The highest BCUT2D eigenvalue weighted by molar-refractivity contribution is 5.37. The van der Waals surface area contributed by atoms with Crippen LogP contribution in [0.4, 0.5) is 5.82 Å². The lowest BCUT2D eigenvalue weighted by molar-refractivity contribution is 0.305. The molecule has 2 aromatic rings. The van der Waals surface area contributed by atoms with Crippen LogP contribution in [0.3, 0.4) is 0 Å². The van der Waals surface area contributed by atoms with Gasteiger partial charge in [0.25, 0.3) is 0 Å². The van der Waals surface area contributed by atoms with E-state index in [-0.39, 0.29) is 0 Å². The van der Waals surface area contributed by atoms with Gasteiger partial charge >= 0.3 is 0 Å². The SMILES string of the molecule is CCCOc1cc(NCCc2ccnn2C)ncn1. The van der Waals surface area contributed by atoms with Gasteiger partial charge in [0.15, 0.2) is 0 Å². The van der Waals surface area contributed by atoms with Gasteiger partial charge < -0.3 is 10.1 Å². The molecule has 0 aliphatic rings. The van der Waals surface area contributed by atoms with Gasteiger partial charge in [-0.1, -0.05) is 6.92 Å². The molecule has 1 N–H and O–H groups in total. The molecular formula is C13H19N5O. The topological polar surface area (TPSA) is 64.9 Å². The number of ether oxygens (including phenoxy) is 1. The Balaban J connectivity index is 1.84. The Kier molecular flexibility index (Phi) is 4.72. The van der Waals surface area contributed by atoms with Gasteiger partial charge in [0.1, 0.15) is 12.1 Å². The maximum atomic E-state index is 5.46. The number of nitrogens with one attached hydrogen (secondary N) is 1. The van der Waals surface area contributed by atoms with E-state index >= 15 is 0 Å². The van der Waals surface area contributed by atoms with E-state index in [0.29, 0.717) is 12.5 Å². The molecule has 0 saturated carbocycles. The third-order valence-corrected chi connectivity index (χ3v) is 2.71. The Morgan fingerprint density at radius 2 is 2.26 bits per heavy atom. The molecule has 0 amide bonds. The van der Waals surface area contributed by atoms with E-state index in [1.54, 1.807) is 6.20 Å². The van der Waals surface area contributed by atoms with E-state index in [0.717, 1.165) is 25.2 Å². The zero-order valence-corrected chi connectivity index (χ0v) is 11.3. The van der Waals surface area contributed by atoms with Gasteiger partial charge in [-0.15, -0.1) is 0 Å². The average molecular weight is 261 g/mol. The summed E-state index contributed by atoms with van der Waals surface area (Å²) in [6, 6.07) is 3.83. The molecule has 0 spiro atoms. The third-order valence-electron chi connectivity index (χ3n) is 2.71. The minimum absolute atomic E-state index is 0.611. The fourth-order valence-electron chi connectivity index (χ4n) is 1.69. The molecular weight excluding hydrogens is 242 g/mol. The zero-order valence-electron chi connectivity index (χ0n) is 11.3. The summed E-state index contributed by atoms with van der Waals surface area (Å²) in [6.45, 7) is 3.53. The van der Waals surface area contributed by atoms with Crippen molar-refractivity contribution in [1.82, 2.24) is 19.7 Å². The Labute approximate surface area is 112 Å². The van der Waals surface area contributed by atoms with Gasteiger partial charge in [-0.25, -0.2) is 9.97 Å². The first kappa shape index (κ1) is 13.3. The van der Waals surface area contributed by atoms with Crippen LogP contribution < -0.4 is 10.1 Å². The summed E-state index contributed by atoms with van der Waals surface area (Å²) in [4.78, 5) is 8.23. The molecule has 2 aromatic heterocycles. The maximum Gasteiger partial charge on any atom is 0.218 e. The van der Waals surface area contributed by atoms with Gasteiger partial charge in [0.2, 0.25) is 5.88 Å². The Morgan fingerprint density at radius 3 is 3.00 bits per heavy atom. The Hall–Kier alpha value is -2.11. The van der Waals surface area contributed by atoms with E-state index in [1.165, 1.54) is 12.0 Å². The molecule has 19 heavy (non-hydrogen) atoms. The van der Waals surface area contributed by atoms with Crippen molar-refractivity contribution in [2.45, 2.75) is 19.8 Å². The zero-order chi connectivity index (χ0) is 13.5. The van der Waals surface area contributed by atoms with Gasteiger partial charge in [0.05, 0.1) is 6.61 Å². The fourth-order valence-corrected chi connectivity index (χ4v) is 1.69. The van der Waals surface area contributed by atoms with E-state index in [4.69, 9.17) is 4.74 Å². The first-order valence-corrected chi connectivity index (χ1v) is 6.45. The number of aromatic nitrogens is 4. The number of aryl methyl sites for hydroxylation is 1. The molecule has 2 rings (SSSR count). The second kappa shape index (κ2) is 6.72. The molecule has 0 aliphatic heterocycles. The minimum atomic E-state index is 0.611. The molecule has 0 aromatic carbocycles. The van der Waals surface area contributed by atoms with Crippen LogP contribution in [0.2, 0.25) is 0 Å². The van der Waals surface area contributed by atoms with Crippen LogP contribution >= 0.6 is 0 Å². The number of anilines is 1. The first-order valence-electron chi connectivity index (χ1n) is 6.45. The van der Waals surface area contributed by atoms with Crippen molar-refractivity contribution in [2.24, 2.45) is 7.05 Å². The maximum absolute atomic E-state index is 5.46. The molecule has 6 nitrogen and oxygen atoms in total. The molecule has 102 valence electrons. The monoisotopic (exact) mass is 261 g/mol. The number of hydrogen-bond donors (Lipinski definition) is 1. The van der Waals surface area contributed by atoms with Crippen LogP contribution in [0.25, 0.3) is 0 Å². The standard InChI is InChI=1S/C13H19N5O/c1-3-8-19-13-9-12(15-10-16-13)14-6-4-11-5-7-17-18(11)2/h5,7,9-10H,3-4,6,8H2,1-2H3,(H,14,15,16). The van der Waals surface area contributed by atoms with Gasteiger partial charge in [-0.3, -0.25) is 4.68 Å². The highest BCUT2D eigenvalue weighted by Gasteiger charge is 2.01. The summed E-state index contributed by atoms with van der Waals surface area (Å²) in [7, 11) is 1.94. The van der Waals surface area contributed by atoms with Gasteiger partial charge in [-0.2, -0.15) is 5.10 Å². The van der Waals surface area contributed by atoms with Crippen LogP contribution in [0.1, 0.15) is 19.0 Å². The lowest BCUT2D eigenvalue weighted by Crippen LogP contribution is -2.09. The molecule has 0 bridgehead atoms. The number of hydrogen-bond acceptors (Lipinski definition) is 5. The van der Waals surface area contributed by atoms with E-state index in [9.17, 15) is 0 Å². The van der Waals surface area contributed by atoms with Gasteiger partial charge in [-0.05, 0) is 12.5 Å². The molecule has 0 fully saturated rings. The lowest BCUT2D eigenvalue weighted by Gasteiger charge is -2.07. The van der Waals surface area contributed by atoms with Crippen molar-refractivity contribution < 1.29 is 4.74 Å². The molecule has 6 heteroatoms. The summed E-state index contributed by atoms with van der Waals surface area (Å²) in [5, 5.41) is 7.39. The second-order valence-corrected chi connectivity index (χ2v) is 4.21. The Morgan fingerprint density at radius 1 is 1.37 bits per heavy atom. The highest BCUT2D eigenvalue weighted by atomic mass is 16.5. The number of rotatable bonds is 7. The van der Waals surface area contributed by atoms with Crippen LogP contribution in [0.5, 0.6) is 5.88 Å². The van der Waals surface area contributed by atoms with E-state index in [2.05, 4.69) is 27.3 Å². The summed E-state index contributed by atoms with van der Waals surface area (Å²) in [5.41, 5.74) is 1.18. The molecule has 0 aliphatic carbocycles. The predicted molar refractivity (Wildman–Crippen MR) is 73.2 cm³/mol. The van der Waals surface area contributed by atoms with Crippen molar-refractivity contribution >= 4 is 5.82 Å². The highest BCUT2D eigenvalue weighted by Crippen LogP contribution is 2.11. The summed E-state index contributed by atoms with van der Waals surface area (Å²) in [6.07, 6.45) is 5.17. The average Bonchev–Trinajstić information content (AvgIpc) is 2.83. The molecule has 0 unspecified atom stereocenters. The first-order chi connectivity index (χ1) is 9.29. The van der Waals surface area contributed by atoms with Crippen molar-refractivity contribution in [1.29, 1.82) is 0 Å². The normalized spacial score (nSPS) is 10.4. The number of nitrogens with zero attached hydrogens (tertiary/aromatic N) is 4. The van der Waals surface area contributed by atoms with Crippen molar-refractivity contribution in [3.63, 3.8) is 0 Å². The second-order valence-electron chi connectivity index (χ2n) is 4.21. The predicted octanol–water partition coefficient (Wildman–Crippen LogP) is 1.65. The van der Waals surface area contributed by atoms with E-state index < -0.39 is 0 Å². The molecule has 0 atom stereocenters. The minimum Gasteiger partial charge on any atom is -0.478 e. The molecule has 2 heterocycles. The summed E-state index contributed by atoms with van der Waals surface area (Å²) < 4.78 is 7.33. The van der Waals surface area contributed by atoms with Crippen LogP contribution in [-0.2, 0) is 13.5 Å². The largest absolute Gasteiger partial charge is 0.478 e. The van der Waals surface area contributed by atoms with Crippen LogP contribution in [0, 0.1) is 0 Å². The van der Waals surface area contributed by atoms with Crippen molar-refractivity contribution in [2.75, 3.05) is 18.5 Å². The molecule has 0 saturated heterocycles. The van der Waals surface area contributed by atoms with Gasteiger partial charge in [0, 0.05) is 38.0 Å². The summed E-state index contributed by atoms with van der Waals surface area (Å²) in [5.74, 6) is 1.39. The quantitative estimate of drug-likeness (QED) is 0.821. The third kappa shape index (κ3) is 3.94. The van der Waals surface area contributed by atoms with Crippen LogP contribution in [0.15, 0.2) is 24.7 Å². The van der Waals surface area contributed by atoms with E-state index in [1.807, 2.05) is 23.9 Å². The van der Waals surface area contributed by atoms with Crippen molar-refractivity contribution in [3.8, 4) is 5.88 Å². The fraction of sp³-hybridized carbons (Fsp3) is 0.462. The smallest absolute Gasteiger partial charge is 0.218 e. The van der Waals surface area contributed by atoms with Crippen molar-refractivity contribution in [3.05, 3.63) is 30.4 Å². The Bertz CT molecular complexity index is 511. The molecule has 0 radical (unpaired) electrons. The summed E-state index contributed by atoms with van der Waals surface area (Å²) >= 11 is 0.